The van der Waals surface area contributed by atoms with Gasteiger partial charge in [-0.05, 0) is 41.6 Å². The minimum Gasteiger partial charge on any atom is -0.465 e. The van der Waals surface area contributed by atoms with E-state index in [2.05, 4.69) is 20.4 Å². The van der Waals surface area contributed by atoms with E-state index in [1.165, 1.54) is 13.2 Å². The molecule has 3 aromatic rings. The second kappa shape index (κ2) is 7.59. The normalized spacial score (nSPS) is 10.6. The lowest BCUT2D eigenvalue weighted by atomic mass is 10.2. The van der Waals surface area contributed by atoms with E-state index in [1.807, 2.05) is 0 Å². The molecule has 1 aromatic heterocycles. The molecule has 0 aliphatic carbocycles. The highest BCUT2D eigenvalue weighted by Gasteiger charge is 2.12. The maximum Gasteiger partial charge on any atom is 0.337 e. The van der Waals surface area contributed by atoms with Crippen molar-refractivity contribution in [2.45, 2.75) is 0 Å². The van der Waals surface area contributed by atoms with Crippen LogP contribution >= 0.6 is 23.2 Å². The first-order valence-corrected chi connectivity index (χ1v) is 8.05. The number of halogens is 2. The molecule has 10 heteroatoms. The van der Waals surface area contributed by atoms with Gasteiger partial charge in [0, 0.05) is 15.7 Å². The summed E-state index contributed by atoms with van der Waals surface area (Å²) in [4.78, 5) is 30.0. The number of carbonyl (C=O) groups excluding carboxylic acids is 2. The first kappa shape index (κ1) is 18.0. The molecule has 0 atom stereocenters. The Labute approximate surface area is 157 Å². The van der Waals surface area contributed by atoms with Crippen molar-refractivity contribution in [1.29, 1.82) is 0 Å². The maximum absolute atomic E-state index is 12.0. The van der Waals surface area contributed by atoms with Crippen LogP contribution in [0.4, 0.5) is 5.69 Å². The zero-order valence-corrected chi connectivity index (χ0v) is 14.9. The highest BCUT2D eigenvalue weighted by molar-refractivity contribution is 6.35. The van der Waals surface area contributed by atoms with Crippen LogP contribution in [0, 0.1) is 0 Å². The minimum atomic E-state index is -0.504. The largest absolute Gasteiger partial charge is 0.465 e. The van der Waals surface area contributed by atoms with Crippen LogP contribution in [0.3, 0.4) is 0 Å². The average Bonchev–Trinajstić information content (AvgIpc) is 3.00. The molecular weight excluding hydrogens is 383 g/mol. The maximum atomic E-state index is 12.0. The average molecular weight is 395 g/mol. The second-order valence-electron chi connectivity index (χ2n) is 5.14. The number of hydrogen-bond donors (Lipinski definition) is 1. The molecule has 3 rings (SSSR count). The number of aromatic nitrogens is 3. The van der Waals surface area contributed by atoms with E-state index in [-0.39, 0.29) is 6.61 Å². The Morgan fingerprint density at radius 3 is 2.58 bits per heavy atom. The Morgan fingerprint density at radius 2 is 1.88 bits per heavy atom. The number of methoxy groups -OCH3 is 1. The number of anilines is 1. The van der Waals surface area contributed by atoms with Crippen molar-refractivity contribution in [2.24, 2.45) is 0 Å². The molecule has 0 aliphatic rings. The Morgan fingerprint density at radius 1 is 1.15 bits per heavy atom. The van der Waals surface area contributed by atoms with E-state index >= 15 is 0 Å². The molecule has 0 saturated heterocycles. The summed E-state index contributed by atoms with van der Waals surface area (Å²) in [7, 11) is 1.28. The third-order valence-electron chi connectivity index (χ3n) is 3.30. The van der Waals surface area contributed by atoms with Crippen LogP contribution in [0.1, 0.15) is 10.4 Å². The minimum absolute atomic E-state index is 0.310. The second-order valence-corrected chi connectivity index (χ2v) is 6.01. The third kappa shape index (κ3) is 4.04. The third-order valence-corrected chi connectivity index (χ3v) is 3.74. The Bertz CT molecular complexity index is 969. The quantitative estimate of drug-likeness (QED) is 0.668. The number of amides is 1. The van der Waals surface area contributed by atoms with Crippen LogP contribution in [0.2, 0.25) is 10.0 Å². The first-order valence-electron chi connectivity index (χ1n) is 7.29. The van der Waals surface area contributed by atoms with Crippen molar-refractivity contribution < 1.29 is 19.2 Å². The van der Waals surface area contributed by atoms with Crippen molar-refractivity contribution in [3.05, 3.63) is 52.0 Å². The highest BCUT2D eigenvalue weighted by atomic mass is 35.5. The molecular formula is C16H12Cl2N4O4. The van der Waals surface area contributed by atoms with Crippen molar-refractivity contribution >= 4 is 51.8 Å². The summed E-state index contributed by atoms with van der Waals surface area (Å²) in [6, 6.07) is 9.33. The lowest BCUT2D eigenvalue weighted by molar-refractivity contribution is -0.121. The number of hydrogen-bond acceptors (Lipinski definition) is 6. The number of nitrogens with one attached hydrogen (secondary N) is 1. The molecule has 0 saturated carbocycles. The van der Waals surface area contributed by atoms with Crippen LogP contribution in [-0.4, -0.2) is 40.8 Å². The molecule has 0 unspecified atom stereocenters. The Kier molecular flexibility index (Phi) is 5.24. The zero-order valence-electron chi connectivity index (χ0n) is 13.4. The van der Waals surface area contributed by atoms with Crippen molar-refractivity contribution in [3.63, 3.8) is 0 Å². The Balaban J connectivity index is 1.70. The van der Waals surface area contributed by atoms with Gasteiger partial charge in [-0.2, -0.15) is 0 Å². The summed E-state index contributed by atoms with van der Waals surface area (Å²) >= 11 is 11.8. The first-order chi connectivity index (χ1) is 12.5. The van der Waals surface area contributed by atoms with E-state index in [0.29, 0.717) is 32.3 Å². The van der Waals surface area contributed by atoms with Crippen molar-refractivity contribution in [3.8, 4) is 0 Å². The van der Waals surface area contributed by atoms with E-state index < -0.39 is 11.9 Å². The zero-order chi connectivity index (χ0) is 18.7. The molecule has 2 aromatic carbocycles. The van der Waals surface area contributed by atoms with Crippen LogP contribution in [0.5, 0.6) is 0 Å². The smallest absolute Gasteiger partial charge is 0.337 e. The van der Waals surface area contributed by atoms with Gasteiger partial charge in [0.25, 0.3) is 5.91 Å². The molecule has 0 spiro atoms. The molecule has 1 heterocycles. The molecule has 1 N–H and O–H groups in total. The summed E-state index contributed by atoms with van der Waals surface area (Å²) in [6.07, 6.45) is 0. The molecule has 0 fully saturated rings. The number of carbonyl (C=O) groups is 2. The number of ether oxygens (including phenoxy) is 1. The van der Waals surface area contributed by atoms with Gasteiger partial charge >= 0.3 is 5.97 Å². The topological polar surface area (TPSA) is 95.3 Å². The molecule has 0 bridgehead atoms. The van der Waals surface area contributed by atoms with Gasteiger partial charge in [-0.25, -0.2) is 4.79 Å². The standard InChI is InChI=1S/C16H12Cl2N4O4/c1-25-16(24)9-2-3-13-14(4-9)22(21-20-13)26-8-15(23)19-12-6-10(17)5-11(18)7-12/h2-7H,8H2,1H3,(H,19,23). The molecule has 0 aliphatic heterocycles. The van der Waals surface area contributed by atoms with Crippen molar-refractivity contribution in [2.75, 3.05) is 19.0 Å². The summed E-state index contributed by atoms with van der Waals surface area (Å²) < 4.78 is 4.67. The molecule has 1 amide bonds. The lowest BCUT2D eigenvalue weighted by Gasteiger charge is -2.08. The van der Waals surface area contributed by atoms with Crippen LogP contribution < -0.4 is 10.2 Å². The number of esters is 1. The summed E-state index contributed by atoms with van der Waals surface area (Å²) in [6.45, 7) is -0.342. The van der Waals surface area contributed by atoms with Gasteiger partial charge in [-0.1, -0.05) is 28.0 Å². The number of nitrogens with zero attached hydrogens (tertiary/aromatic N) is 3. The van der Waals surface area contributed by atoms with Crippen LogP contribution in [0.25, 0.3) is 11.0 Å². The van der Waals surface area contributed by atoms with Gasteiger partial charge in [0.1, 0.15) is 11.0 Å². The van der Waals surface area contributed by atoms with Gasteiger partial charge in [-0.15, -0.1) is 5.10 Å². The monoisotopic (exact) mass is 394 g/mol. The predicted octanol–water partition coefficient (Wildman–Crippen LogP) is 2.59. The fraction of sp³-hybridized carbons (Fsp3) is 0.125. The molecule has 0 radical (unpaired) electrons. The fourth-order valence-corrected chi connectivity index (χ4v) is 2.71. The molecule has 8 nitrogen and oxygen atoms in total. The highest BCUT2D eigenvalue weighted by Crippen LogP contribution is 2.22. The van der Waals surface area contributed by atoms with Gasteiger partial charge in [0.15, 0.2) is 6.61 Å². The SMILES string of the molecule is COC(=O)c1ccc2nnn(OCC(=O)Nc3cc(Cl)cc(Cl)c3)c2c1. The summed E-state index contributed by atoms with van der Waals surface area (Å²) in [5, 5.41) is 11.1. The number of benzene rings is 2. The Hall–Kier alpha value is -2.84. The van der Waals surface area contributed by atoms with E-state index in [1.54, 1.807) is 30.3 Å². The van der Waals surface area contributed by atoms with Gasteiger partial charge in [-0.3, -0.25) is 4.79 Å². The van der Waals surface area contributed by atoms with Gasteiger partial charge in [0.05, 0.1) is 12.7 Å². The van der Waals surface area contributed by atoms with E-state index in [4.69, 9.17) is 28.0 Å². The van der Waals surface area contributed by atoms with Crippen molar-refractivity contribution in [1.82, 2.24) is 15.2 Å². The number of rotatable bonds is 5. The summed E-state index contributed by atoms with van der Waals surface area (Å²) in [5.41, 5.74) is 1.67. The van der Waals surface area contributed by atoms with Gasteiger partial charge in [0.2, 0.25) is 0 Å². The lowest BCUT2D eigenvalue weighted by Crippen LogP contribution is -2.26. The molecule has 134 valence electrons. The van der Waals surface area contributed by atoms with Gasteiger partial charge < -0.3 is 14.9 Å². The van der Waals surface area contributed by atoms with Crippen LogP contribution in [0.15, 0.2) is 36.4 Å². The fourth-order valence-electron chi connectivity index (χ4n) is 2.18. The van der Waals surface area contributed by atoms with Crippen LogP contribution in [-0.2, 0) is 9.53 Å². The predicted molar refractivity (Wildman–Crippen MR) is 95.4 cm³/mol. The number of fused-ring (bicyclic) bond motifs is 1. The summed E-state index contributed by atoms with van der Waals surface area (Å²) in [5.74, 6) is -0.952. The molecule has 26 heavy (non-hydrogen) atoms. The van der Waals surface area contributed by atoms with E-state index in [9.17, 15) is 9.59 Å². The van der Waals surface area contributed by atoms with E-state index in [0.717, 1.165) is 4.85 Å².